The van der Waals surface area contributed by atoms with Gasteiger partial charge in [-0.1, -0.05) is 48.5 Å². The minimum absolute atomic E-state index is 0.229. The molecule has 0 aliphatic heterocycles. The zero-order valence-corrected chi connectivity index (χ0v) is 12.3. The molecule has 3 aromatic carbocycles. The molecule has 1 heterocycles. The Bertz CT molecular complexity index is 1050. The van der Waals surface area contributed by atoms with E-state index in [0.717, 1.165) is 32.6 Å². The normalized spacial score (nSPS) is 13.0. The third kappa shape index (κ3) is 2.42. The van der Waals surface area contributed by atoms with E-state index in [4.69, 9.17) is 0 Å². The molecule has 3 heteroatoms. The van der Waals surface area contributed by atoms with Crippen molar-refractivity contribution in [3.05, 3.63) is 83.8 Å². The second-order valence-electron chi connectivity index (χ2n) is 5.33. The maximum absolute atomic E-state index is 10.5. The average Bonchev–Trinajstić information content (AvgIpc) is 2.61. The quantitative estimate of drug-likeness (QED) is 0.611. The summed E-state index contributed by atoms with van der Waals surface area (Å²) in [6, 6.07) is 19.6. The van der Waals surface area contributed by atoms with E-state index in [0.29, 0.717) is 0 Å². The lowest BCUT2D eigenvalue weighted by Gasteiger charge is -2.05. The molecule has 0 bridgehead atoms. The molecule has 0 aliphatic rings. The summed E-state index contributed by atoms with van der Waals surface area (Å²) in [4.78, 5) is 8.61. The van der Waals surface area contributed by atoms with Gasteiger partial charge in [0.05, 0.1) is 11.0 Å². The Morgan fingerprint density at radius 3 is 2.43 bits per heavy atom. The first-order valence-corrected chi connectivity index (χ1v) is 7.41. The fraction of sp³-hybridized carbons (Fsp3) is 0. The lowest BCUT2D eigenvalue weighted by molar-refractivity contribution is 0.513. The maximum atomic E-state index is 10.5. The lowest BCUT2D eigenvalue weighted by atomic mass is 10.0. The molecule has 110 valence electrons. The first kappa shape index (κ1) is 13.5. The van der Waals surface area contributed by atoms with Crippen LogP contribution in [0.2, 0.25) is 0 Å². The maximum Gasteiger partial charge on any atom is 0.123 e. The van der Waals surface area contributed by atoms with Gasteiger partial charge in [-0.2, -0.15) is 0 Å². The Balaban J connectivity index is 1.94. The summed E-state index contributed by atoms with van der Waals surface area (Å²) in [5.74, 6) is 0.229. The molecule has 1 N–H and O–H groups in total. The number of hydrogen-bond donors (Lipinski definition) is 1. The lowest BCUT2D eigenvalue weighted by Crippen LogP contribution is -2.07. The second-order valence-corrected chi connectivity index (χ2v) is 5.33. The number of nitrogens with zero attached hydrogens (tertiary/aromatic N) is 2. The van der Waals surface area contributed by atoms with E-state index < -0.39 is 0 Å². The molecule has 0 saturated heterocycles. The van der Waals surface area contributed by atoms with Gasteiger partial charge in [-0.3, -0.25) is 0 Å². The summed E-state index contributed by atoms with van der Waals surface area (Å²) in [7, 11) is 0. The Morgan fingerprint density at radius 1 is 0.826 bits per heavy atom. The van der Waals surface area contributed by atoms with Crippen LogP contribution < -0.4 is 5.22 Å². The summed E-state index contributed by atoms with van der Waals surface area (Å²) in [6.45, 7) is 0. The summed E-state index contributed by atoms with van der Waals surface area (Å²) in [6.07, 6.45) is 5.19. The van der Waals surface area contributed by atoms with Crippen molar-refractivity contribution >= 4 is 33.6 Å². The molecular weight excluding hydrogens is 284 g/mol. The standard InChI is InChI=1S/C20H14N2O/c23-19(12-9-14-5-2-1-3-6-14)15-10-11-18-20-16(15)7-4-8-17(20)21-13-22-18/h1-13,23H/b12-9?,19-15-. The van der Waals surface area contributed by atoms with E-state index in [9.17, 15) is 5.11 Å². The highest BCUT2D eigenvalue weighted by atomic mass is 16.3. The van der Waals surface area contributed by atoms with E-state index in [1.54, 1.807) is 12.4 Å². The molecule has 0 amide bonds. The summed E-state index contributed by atoms with van der Waals surface area (Å²) in [5.41, 5.74) is 2.81. The largest absolute Gasteiger partial charge is 0.507 e. The van der Waals surface area contributed by atoms with E-state index in [1.165, 1.54) is 0 Å². The fourth-order valence-corrected chi connectivity index (χ4v) is 2.79. The fourth-order valence-electron chi connectivity index (χ4n) is 2.79. The minimum atomic E-state index is 0.229. The Hall–Kier alpha value is -3.20. The van der Waals surface area contributed by atoms with Gasteiger partial charge in [0.1, 0.15) is 12.1 Å². The predicted octanol–water partition coefficient (Wildman–Crippen LogP) is 3.88. The zero-order chi connectivity index (χ0) is 15.6. The molecule has 23 heavy (non-hydrogen) atoms. The molecule has 0 fully saturated rings. The van der Waals surface area contributed by atoms with Crippen molar-refractivity contribution in [3.8, 4) is 0 Å². The van der Waals surface area contributed by atoms with E-state index >= 15 is 0 Å². The van der Waals surface area contributed by atoms with Gasteiger partial charge in [-0.05, 0) is 35.2 Å². The summed E-state index contributed by atoms with van der Waals surface area (Å²) < 4.78 is 0. The van der Waals surface area contributed by atoms with Crippen molar-refractivity contribution in [2.45, 2.75) is 0 Å². The van der Waals surface area contributed by atoms with Crippen molar-refractivity contribution in [3.63, 3.8) is 0 Å². The van der Waals surface area contributed by atoms with E-state index in [1.807, 2.05) is 66.7 Å². The molecule has 4 rings (SSSR count). The molecule has 0 spiro atoms. The first-order valence-electron chi connectivity index (χ1n) is 7.41. The molecule has 0 atom stereocenters. The Morgan fingerprint density at radius 2 is 1.61 bits per heavy atom. The molecular formula is C20H14N2O. The number of aliphatic hydroxyl groups excluding tert-OH is 1. The van der Waals surface area contributed by atoms with Crippen LogP contribution in [0.15, 0.2) is 73.1 Å². The van der Waals surface area contributed by atoms with Crippen LogP contribution in [0, 0.1) is 0 Å². The van der Waals surface area contributed by atoms with Gasteiger partial charge in [0.15, 0.2) is 0 Å². The second kappa shape index (κ2) is 5.54. The summed E-state index contributed by atoms with van der Waals surface area (Å²) >= 11 is 0. The van der Waals surface area contributed by atoms with Crippen LogP contribution in [0.3, 0.4) is 0 Å². The number of aromatic nitrogens is 2. The van der Waals surface area contributed by atoms with Crippen molar-refractivity contribution in [1.29, 1.82) is 0 Å². The highest BCUT2D eigenvalue weighted by Gasteiger charge is 2.06. The van der Waals surface area contributed by atoms with Crippen molar-refractivity contribution < 1.29 is 5.11 Å². The van der Waals surface area contributed by atoms with Crippen LogP contribution in [0.5, 0.6) is 0 Å². The number of benzene rings is 3. The van der Waals surface area contributed by atoms with Crippen LogP contribution in [-0.4, -0.2) is 15.1 Å². The van der Waals surface area contributed by atoms with Crippen LogP contribution in [0.25, 0.3) is 33.6 Å². The SMILES string of the molecule is O/C(C=Cc1ccccc1)=c1/ccc2ncnc3cccc1c32. The van der Waals surface area contributed by atoms with Gasteiger partial charge in [0.2, 0.25) is 0 Å². The molecule has 0 unspecified atom stereocenters. The number of hydrogen-bond acceptors (Lipinski definition) is 3. The Kier molecular flexibility index (Phi) is 3.24. The molecule has 3 nitrogen and oxygen atoms in total. The predicted molar refractivity (Wildman–Crippen MR) is 93.8 cm³/mol. The first-order chi connectivity index (χ1) is 11.3. The average molecular weight is 298 g/mol. The highest BCUT2D eigenvalue weighted by molar-refractivity contribution is 6.07. The molecule has 0 radical (unpaired) electrons. The third-order valence-corrected chi connectivity index (χ3v) is 3.90. The van der Waals surface area contributed by atoms with Crippen molar-refractivity contribution in [2.24, 2.45) is 0 Å². The van der Waals surface area contributed by atoms with Crippen LogP contribution >= 0.6 is 0 Å². The molecule has 1 aromatic heterocycles. The van der Waals surface area contributed by atoms with Gasteiger partial charge in [0, 0.05) is 10.6 Å². The van der Waals surface area contributed by atoms with E-state index in [-0.39, 0.29) is 5.76 Å². The van der Waals surface area contributed by atoms with Crippen LogP contribution in [0.4, 0.5) is 0 Å². The molecule has 0 aliphatic carbocycles. The van der Waals surface area contributed by atoms with Gasteiger partial charge in [-0.15, -0.1) is 0 Å². The zero-order valence-electron chi connectivity index (χ0n) is 12.3. The number of aliphatic hydroxyl groups is 1. The topological polar surface area (TPSA) is 46.0 Å². The van der Waals surface area contributed by atoms with Crippen molar-refractivity contribution in [1.82, 2.24) is 9.97 Å². The van der Waals surface area contributed by atoms with Crippen molar-refractivity contribution in [2.75, 3.05) is 0 Å². The van der Waals surface area contributed by atoms with Gasteiger partial charge >= 0.3 is 0 Å². The highest BCUT2D eigenvalue weighted by Crippen LogP contribution is 2.20. The monoisotopic (exact) mass is 298 g/mol. The number of rotatable bonds is 2. The van der Waals surface area contributed by atoms with Gasteiger partial charge in [-0.25, -0.2) is 9.97 Å². The van der Waals surface area contributed by atoms with Crippen LogP contribution in [0.1, 0.15) is 5.56 Å². The summed E-state index contributed by atoms with van der Waals surface area (Å²) in [5, 5.41) is 13.2. The smallest absolute Gasteiger partial charge is 0.123 e. The van der Waals surface area contributed by atoms with E-state index in [2.05, 4.69) is 9.97 Å². The third-order valence-electron chi connectivity index (χ3n) is 3.90. The van der Waals surface area contributed by atoms with Gasteiger partial charge < -0.3 is 5.11 Å². The van der Waals surface area contributed by atoms with Gasteiger partial charge in [0.25, 0.3) is 0 Å². The Labute approximate surface area is 133 Å². The molecule has 0 saturated carbocycles. The van der Waals surface area contributed by atoms with Crippen LogP contribution in [-0.2, 0) is 0 Å². The minimum Gasteiger partial charge on any atom is -0.507 e. The molecule has 4 aromatic rings.